The van der Waals surface area contributed by atoms with Gasteiger partial charge in [0.1, 0.15) is 0 Å². The number of rotatable bonds is 5. The number of nitrogens with one attached hydrogen (secondary N) is 1. The lowest BCUT2D eigenvalue weighted by Gasteiger charge is -2.30. The van der Waals surface area contributed by atoms with Crippen LogP contribution in [0.2, 0.25) is 0 Å². The Labute approximate surface area is 122 Å². The van der Waals surface area contributed by atoms with Crippen LogP contribution in [0, 0.1) is 5.92 Å². The van der Waals surface area contributed by atoms with E-state index in [9.17, 15) is 8.42 Å². The van der Waals surface area contributed by atoms with Gasteiger partial charge in [-0.1, -0.05) is 26.7 Å². The highest BCUT2D eigenvalue weighted by atomic mass is 32.2. The van der Waals surface area contributed by atoms with Gasteiger partial charge in [-0.05, 0) is 49.4 Å². The summed E-state index contributed by atoms with van der Waals surface area (Å²) in [5.41, 5.74) is 1.03. The highest BCUT2D eigenvalue weighted by Gasteiger charge is 2.21. The zero-order valence-electron chi connectivity index (χ0n) is 12.4. The summed E-state index contributed by atoms with van der Waals surface area (Å²) in [4.78, 5) is 0.432. The van der Waals surface area contributed by atoms with Crippen molar-refractivity contribution in [3.8, 4) is 0 Å². The molecule has 0 aliphatic heterocycles. The Hall–Kier alpha value is -1.03. The van der Waals surface area contributed by atoms with Gasteiger partial charge in [-0.3, -0.25) is 0 Å². The number of hydrogen-bond acceptors (Lipinski definition) is 3. The Morgan fingerprint density at radius 1 is 1.15 bits per heavy atom. The standard InChI is InChI=1S/C16H25NO2S/c1-3-12-20(18,19)15-10-8-14(9-11-15)17-16-7-5-4-6-13(16)2/h8-11,13,16-17H,3-7,12H2,1-2H3. The molecule has 1 saturated carbocycles. The van der Waals surface area contributed by atoms with Crippen LogP contribution in [0.25, 0.3) is 0 Å². The van der Waals surface area contributed by atoms with Crippen molar-refractivity contribution < 1.29 is 8.42 Å². The minimum Gasteiger partial charge on any atom is -0.382 e. The zero-order chi connectivity index (χ0) is 14.6. The van der Waals surface area contributed by atoms with E-state index in [0.29, 0.717) is 23.3 Å². The first-order valence-electron chi connectivity index (χ1n) is 7.62. The molecule has 1 aromatic rings. The molecule has 2 rings (SSSR count). The molecule has 0 amide bonds. The fourth-order valence-electron chi connectivity index (χ4n) is 2.89. The number of anilines is 1. The molecule has 1 aliphatic carbocycles. The van der Waals surface area contributed by atoms with Crippen LogP contribution >= 0.6 is 0 Å². The average molecular weight is 295 g/mol. The molecule has 1 aromatic carbocycles. The van der Waals surface area contributed by atoms with Crippen LogP contribution in [-0.2, 0) is 9.84 Å². The quantitative estimate of drug-likeness (QED) is 0.897. The molecule has 20 heavy (non-hydrogen) atoms. The molecular formula is C16H25NO2S. The van der Waals surface area contributed by atoms with Crippen molar-refractivity contribution in [2.75, 3.05) is 11.1 Å². The third kappa shape index (κ3) is 3.75. The molecule has 0 heterocycles. The van der Waals surface area contributed by atoms with E-state index in [1.165, 1.54) is 25.7 Å². The van der Waals surface area contributed by atoms with E-state index in [-0.39, 0.29) is 5.75 Å². The molecule has 0 spiro atoms. The maximum Gasteiger partial charge on any atom is 0.178 e. The van der Waals surface area contributed by atoms with Gasteiger partial charge in [0.2, 0.25) is 0 Å². The minimum absolute atomic E-state index is 0.222. The van der Waals surface area contributed by atoms with Crippen molar-refractivity contribution in [2.24, 2.45) is 5.92 Å². The molecule has 0 aromatic heterocycles. The van der Waals surface area contributed by atoms with Gasteiger partial charge >= 0.3 is 0 Å². The summed E-state index contributed by atoms with van der Waals surface area (Å²) >= 11 is 0. The first-order chi connectivity index (χ1) is 9.53. The van der Waals surface area contributed by atoms with E-state index in [2.05, 4.69) is 12.2 Å². The van der Waals surface area contributed by atoms with Crippen molar-refractivity contribution in [3.63, 3.8) is 0 Å². The van der Waals surface area contributed by atoms with Gasteiger partial charge in [0.25, 0.3) is 0 Å². The molecule has 0 radical (unpaired) electrons. The first-order valence-corrected chi connectivity index (χ1v) is 9.27. The second kappa shape index (κ2) is 6.61. The van der Waals surface area contributed by atoms with Crippen LogP contribution in [0.3, 0.4) is 0 Å². The van der Waals surface area contributed by atoms with Crippen molar-refractivity contribution in [1.29, 1.82) is 0 Å². The maximum atomic E-state index is 12.0. The fraction of sp³-hybridized carbons (Fsp3) is 0.625. The SMILES string of the molecule is CCCS(=O)(=O)c1ccc(NC2CCCCC2C)cc1. The second-order valence-corrected chi connectivity index (χ2v) is 7.96. The minimum atomic E-state index is -3.10. The number of benzene rings is 1. The lowest BCUT2D eigenvalue weighted by atomic mass is 9.86. The largest absolute Gasteiger partial charge is 0.382 e. The lowest BCUT2D eigenvalue weighted by Crippen LogP contribution is -2.30. The van der Waals surface area contributed by atoms with Crippen LogP contribution in [0.4, 0.5) is 5.69 Å². The Kier molecular flexibility index (Phi) is 5.08. The van der Waals surface area contributed by atoms with E-state index in [1.54, 1.807) is 12.1 Å². The normalized spacial score (nSPS) is 23.5. The third-order valence-electron chi connectivity index (χ3n) is 4.15. The van der Waals surface area contributed by atoms with Crippen molar-refractivity contribution >= 4 is 15.5 Å². The second-order valence-electron chi connectivity index (χ2n) is 5.86. The van der Waals surface area contributed by atoms with Crippen LogP contribution in [0.5, 0.6) is 0 Å². The Balaban J connectivity index is 2.05. The highest BCUT2D eigenvalue weighted by molar-refractivity contribution is 7.91. The lowest BCUT2D eigenvalue weighted by molar-refractivity contribution is 0.349. The van der Waals surface area contributed by atoms with Crippen molar-refractivity contribution in [2.45, 2.75) is 56.9 Å². The molecule has 1 N–H and O–H groups in total. The third-order valence-corrected chi connectivity index (χ3v) is 6.09. The van der Waals surface area contributed by atoms with E-state index in [0.717, 1.165) is 5.69 Å². The van der Waals surface area contributed by atoms with Crippen LogP contribution in [-0.4, -0.2) is 20.2 Å². The van der Waals surface area contributed by atoms with Crippen molar-refractivity contribution in [3.05, 3.63) is 24.3 Å². The Morgan fingerprint density at radius 2 is 1.80 bits per heavy atom. The molecule has 1 fully saturated rings. The van der Waals surface area contributed by atoms with E-state index in [1.807, 2.05) is 19.1 Å². The maximum absolute atomic E-state index is 12.0. The molecule has 2 unspecified atom stereocenters. The van der Waals surface area contributed by atoms with Gasteiger partial charge < -0.3 is 5.32 Å². The molecule has 4 heteroatoms. The van der Waals surface area contributed by atoms with Gasteiger partial charge in [0.05, 0.1) is 10.6 Å². The highest BCUT2D eigenvalue weighted by Crippen LogP contribution is 2.27. The predicted octanol–water partition coefficient (Wildman–Crippen LogP) is 3.86. The van der Waals surface area contributed by atoms with E-state index < -0.39 is 9.84 Å². The molecular weight excluding hydrogens is 270 g/mol. The van der Waals surface area contributed by atoms with Gasteiger partial charge in [-0.25, -0.2) is 8.42 Å². The average Bonchev–Trinajstić information content (AvgIpc) is 2.42. The van der Waals surface area contributed by atoms with Crippen LogP contribution < -0.4 is 5.32 Å². The summed E-state index contributed by atoms with van der Waals surface area (Å²) in [5, 5.41) is 3.55. The summed E-state index contributed by atoms with van der Waals surface area (Å²) in [6.07, 6.45) is 5.75. The van der Waals surface area contributed by atoms with E-state index >= 15 is 0 Å². The molecule has 1 aliphatic rings. The zero-order valence-corrected chi connectivity index (χ0v) is 13.2. The smallest absolute Gasteiger partial charge is 0.178 e. The Bertz CT molecular complexity index is 522. The Morgan fingerprint density at radius 3 is 2.40 bits per heavy atom. The van der Waals surface area contributed by atoms with Crippen LogP contribution in [0.15, 0.2) is 29.2 Å². The van der Waals surface area contributed by atoms with E-state index in [4.69, 9.17) is 0 Å². The van der Waals surface area contributed by atoms with Crippen molar-refractivity contribution in [1.82, 2.24) is 0 Å². The van der Waals surface area contributed by atoms with Gasteiger partial charge in [-0.2, -0.15) is 0 Å². The molecule has 3 nitrogen and oxygen atoms in total. The summed E-state index contributed by atoms with van der Waals surface area (Å²) in [7, 11) is -3.10. The van der Waals surface area contributed by atoms with Crippen LogP contribution in [0.1, 0.15) is 46.0 Å². The molecule has 2 atom stereocenters. The molecule has 112 valence electrons. The number of sulfone groups is 1. The fourth-order valence-corrected chi connectivity index (χ4v) is 4.21. The summed E-state index contributed by atoms with van der Waals surface area (Å²) in [6, 6.07) is 7.75. The van der Waals surface area contributed by atoms with Gasteiger partial charge in [0.15, 0.2) is 9.84 Å². The predicted molar refractivity (Wildman–Crippen MR) is 83.8 cm³/mol. The summed E-state index contributed by atoms with van der Waals surface area (Å²) in [5.74, 6) is 0.909. The monoisotopic (exact) mass is 295 g/mol. The molecule has 0 saturated heterocycles. The first kappa shape index (κ1) is 15.4. The topological polar surface area (TPSA) is 46.2 Å². The summed E-state index contributed by atoms with van der Waals surface area (Å²) in [6.45, 7) is 4.18. The molecule has 0 bridgehead atoms. The van der Waals surface area contributed by atoms with Gasteiger partial charge in [0, 0.05) is 11.7 Å². The number of hydrogen-bond donors (Lipinski definition) is 1. The summed E-state index contributed by atoms with van der Waals surface area (Å²) < 4.78 is 23.9. The van der Waals surface area contributed by atoms with Gasteiger partial charge in [-0.15, -0.1) is 0 Å².